The fraction of sp³-hybridized carbons (Fsp3) is 0.348. The van der Waals surface area contributed by atoms with Gasteiger partial charge in [0.25, 0.3) is 0 Å². The molecular weight excluding hydrogens is 428 g/mol. The van der Waals surface area contributed by atoms with Crippen molar-refractivity contribution in [1.82, 2.24) is 14.5 Å². The van der Waals surface area contributed by atoms with E-state index in [9.17, 15) is 4.79 Å². The third kappa shape index (κ3) is 3.50. The molecule has 3 heterocycles. The van der Waals surface area contributed by atoms with Gasteiger partial charge >= 0.3 is 0 Å². The Morgan fingerprint density at radius 3 is 2.66 bits per heavy atom. The molecule has 148 valence electrons. The second-order valence-electron chi connectivity index (χ2n) is 8.21. The Kier molecular flexibility index (Phi) is 5.05. The first kappa shape index (κ1) is 19.8. The van der Waals surface area contributed by atoms with Crippen molar-refractivity contribution in [3.8, 4) is 5.69 Å². The summed E-state index contributed by atoms with van der Waals surface area (Å²) < 4.78 is 2.92. The predicted octanol–water partition coefficient (Wildman–Crippen LogP) is 5.70. The van der Waals surface area contributed by atoms with Crippen LogP contribution in [0.2, 0.25) is 0 Å². The molecule has 0 amide bonds. The van der Waals surface area contributed by atoms with Crippen LogP contribution >= 0.6 is 15.9 Å². The summed E-state index contributed by atoms with van der Waals surface area (Å²) in [5.74, 6) is 0.105. The van der Waals surface area contributed by atoms with E-state index in [1.807, 2.05) is 25.1 Å². The second-order valence-corrected chi connectivity index (χ2v) is 9.12. The number of pyridine rings is 1. The van der Waals surface area contributed by atoms with Gasteiger partial charge in [0.05, 0.1) is 29.7 Å². The normalized spacial score (nSPS) is 16.2. The average Bonchev–Trinajstić information content (AvgIpc) is 3.17. The molecule has 3 aromatic rings. The van der Waals surface area contributed by atoms with Crippen molar-refractivity contribution in [2.45, 2.75) is 39.2 Å². The fourth-order valence-electron chi connectivity index (χ4n) is 4.31. The van der Waals surface area contributed by atoms with Crippen LogP contribution in [0.5, 0.6) is 0 Å². The fourth-order valence-corrected chi connectivity index (χ4v) is 4.63. The molecule has 6 heteroatoms. The molecule has 0 spiro atoms. The minimum Gasteiger partial charge on any atom is -0.312 e. The number of halogens is 1. The third-order valence-corrected chi connectivity index (χ3v) is 6.37. The summed E-state index contributed by atoms with van der Waals surface area (Å²) in [5.41, 5.74) is 4.73. The number of hydrogen-bond acceptors (Lipinski definition) is 3. The molecule has 0 radical (unpaired) electrons. The second kappa shape index (κ2) is 7.40. The van der Waals surface area contributed by atoms with Crippen molar-refractivity contribution < 1.29 is 4.79 Å². The van der Waals surface area contributed by atoms with Gasteiger partial charge in [0.15, 0.2) is 11.5 Å². The molecule has 1 aliphatic heterocycles. The smallest absolute Gasteiger partial charge is 0.187 e. The Morgan fingerprint density at radius 2 is 2.03 bits per heavy atom. The Bertz CT molecular complexity index is 1140. The van der Waals surface area contributed by atoms with Gasteiger partial charge in [0, 0.05) is 27.6 Å². The molecule has 1 aromatic carbocycles. The highest BCUT2D eigenvalue weighted by molar-refractivity contribution is 9.10. The number of aromatic nitrogens is 2. The number of ketones is 1. The highest BCUT2D eigenvalue weighted by Gasteiger charge is 2.34. The highest BCUT2D eigenvalue weighted by atomic mass is 79.9. The minimum atomic E-state index is 0.0496. The van der Waals surface area contributed by atoms with Crippen LogP contribution in [-0.4, -0.2) is 38.9 Å². The lowest BCUT2D eigenvalue weighted by Crippen LogP contribution is -2.41. The number of likely N-dealkylation sites (tertiary alicyclic amines) is 1. The Morgan fingerprint density at radius 1 is 1.31 bits per heavy atom. The molecule has 0 atom stereocenters. The van der Waals surface area contributed by atoms with Crippen molar-refractivity contribution >= 4 is 38.4 Å². The van der Waals surface area contributed by atoms with E-state index in [1.54, 1.807) is 18.3 Å². The van der Waals surface area contributed by atoms with Crippen LogP contribution in [0.15, 0.2) is 41.0 Å². The molecule has 5 nitrogen and oxygen atoms in total. The monoisotopic (exact) mass is 450 g/mol. The lowest BCUT2D eigenvalue weighted by Gasteiger charge is -2.30. The lowest BCUT2D eigenvalue weighted by atomic mass is 10.0. The van der Waals surface area contributed by atoms with E-state index in [0.29, 0.717) is 17.8 Å². The summed E-state index contributed by atoms with van der Waals surface area (Å²) in [5, 5.41) is 0. The topological polar surface area (TPSA) is 42.5 Å². The number of benzene rings is 1. The van der Waals surface area contributed by atoms with E-state index >= 15 is 0 Å². The molecular formula is C23H23BrN4O. The van der Waals surface area contributed by atoms with Crippen LogP contribution in [0.25, 0.3) is 21.6 Å². The molecule has 1 aliphatic rings. The van der Waals surface area contributed by atoms with Gasteiger partial charge in [-0.1, -0.05) is 12.1 Å². The summed E-state index contributed by atoms with van der Waals surface area (Å²) in [6.45, 7) is 14.9. The van der Waals surface area contributed by atoms with Crippen molar-refractivity contribution in [2.24, 2.45) is 0 Å². The molecule has 0 N–H and O–H groups in total. The van der Waals surface area contributed by atoms with Gasteiger partial charge in [0.2, 0.25) is 0 Å². The van der Waals surface area contributed by atoms with Gasteiger partial charge in [0.1, 0.15) is 0 Å². The zero-order chi connectivity index (χ0) is 20.8. The van der Waals surface area contributed by atoms with Crippen LogP contribution in [0.1, 0.15) is 42.7 Å². The number of Topliss-reactive ketones (excluding diaryl/α,β-unsaturated/α-hetero) is 1. The first-order valence-electron chi connectivity index (χ1n) is 9.74. The van der Waals surface area contributed by atoms with E-state index < -0.39 is 0 Å². The molecule has 29 heavy (non-hydrogen) atoms. The Labute approximate surface area is 179 Å². The molecule has 4 rings (SSSR count). The SMILES string of the molecule is [C-]#[N+]c1ccc(-n2c(C)c(C(=O)CN3CCCC3(C)C)c3ncc(Br)cc32)cc1. The van der Waals surface area contributed by atoms with Gasteiger partial charge in [-0.3, -0.25) is 14.7 Å². The number of fused-ring (bicyclic) bond motifs is 1. The number of carbonyl (C=O) groups excluding carboxylic acids is 1. The Hall–Kier alpha value is -2.49. The van der Waals surface area contributed by atoms with Gasteiger partial charge in [-0.25, -0.2) is 4.85 Å². The molecule has 1 fully saturated rings. The summed E-state index contributed by atoms with van der Waals surface area (Å²) in [6, 6.07) is 9.42. The summed E-state index contributed by atoms with van der Waals surface area (Å²) in [6.07, 6.45) is 3.98. The lowest BCUT2D eigenvalue weighted by molar-refractivity contribution is 0.0872. The minimum absolute atomic E-state index is 0.0496. The van der Waals surface area contributed by atoms with Gasteiger partial charge in [-0.05, 0) is 74.3 Å². The zero-order valence-electron chi connectivity index (χ0n) is 16.9. The van der Waals surface area contributed by atoms with Gasteiger partial charge in [-0.15, -0.1) is 0 Å². The van der Waals surface area contributed by atoms with Gasteiger partial charge in [-0.2, -0.15) is 0 Å². The van der Waals surface area contributed by atoms with E-state index in [-0.39, 0.29) is 11.3 Å². The molecule has 0 saturated carbocycles. The van der Waals surface area contributed by atoms with Crippen LogP contribution in [0.3, 0.4) is 0 Å². The number of rotatable bonds is 4. The molecule has 0 unspecified atom stereocenters. The predicted molar refractivity (Wildman–Crippen MR) is 119 cm³/mol. The van der Waals surface area contributed by atoms with Crippen molar-refractivity contribution in [2.75, 3.05) is 13.1 Å². The third-order valence-electron chi connectivity index (χ3n) is 5.93. The maximum absolute atomic E-state index is 13.4. The molecule has 0 bridgehead atoms. The van der Waals surface area contributed by atoms with Crippen molar-refractivity contribution in [3.63, 3.8) is 0 Å². The summed E-state index contributed by atoms with van der Waals surface area (Å²) in [4.78, 5) is 23.8. The molecule has 2 aromatic heterocycles. The van der Waals surface area contributed by atoms with Crippen LogP contribution in [-0.2, 0) is 0 Å². The maximum Gasteiger partial charge on any atom is 0.187 e. The summed E-state index contributed by atoms with van der Waals surface area (Å²) >= 11 is 3.51. The summed E-state index contributed by atoms with van der Waals surface area (Å²) in [7, 11) is 0. The van der Waals surface area contributed by atoms with Crippen molar-refractivity contribution in [1.29, 1.82) is 0 Å². The van der Waals surface area contributed by atoms with Crippen LogP contribution in [0, 0.1) is 13.5 Å². The maximum atomic E-state index is 13.4. The van der Waals surface area contributed by atoms with Crippen LogP contribution in [0.4, 0.5) is 5.69 Å². The first-order valence-corrected chi connectivity index (χ1v) is 10.5. The zero-order valence-corrected chi connectivity index (χ0v) is 18.5. The molecule has 1 saturated heterocycles. The largest absolute Gasteiger partial charge is 0.312 e. The standard InChI is InChI=1S/C23H23BrN4O/c1-15-21(20(29)14-27-11-5-10-23(27,2)3)22-19(12-16(24)13-26-22)28(15)18-8-6-17(25-4)7-9-18/h6-9,12-13H,5,10-11,14H2,1-3H3. The first-order chi connectivity index (χ1) is 13.8. The van der Waals surface area contributed by atoms with E-state index in [2.05, 4.69) is 49.1 Å². The van der Waals surface area contributed by atoms with Crippen LogP contribution < -0.4 is 0 Å². The number of hydrogen-bond donors (Lipinski definition) is 0. The molecule has 0 aliphatic carbocycles. The van der Waals surface area contributed by atoms with Crippen molar-refractivity contribution in [3.05, 3.63) is 63.7 Å². The van der Waals surface area contributed by atoms with E-state index in [0.717, 1.165) is 46.3 Å². The average molecular weight is 451 g/mol. The quantitative estimate of drug-likeness (QED) is 0.377. The number of carbonyl (C=O) groups is 1. The van der Waals surface area contributed by atoms with E-state index in [1.165, 1.54) is 0 Å². The number of nitrogens with zero attached hydrogens (tertiary/aromatic N) is 4. The van der Waals surface area contributed by atoms with Gasteiger partial charge < -0.3 is 4.57 Å². The highest BCUT2D eigenvalue weighted by Crippen LogP contribution is 2.33. The Balaban J connectivity index is 1.83. The van der Waals surface area contributed by atoms with E-state index in [4.69, 9.17) is 6.57 Å².